The molecule has 0 aliphatic heterocycles. The van der Waals surface area contributed by atoms with E-state index in [0.717, 1.165) is 0 Å². The zero-order chi connectivity index (χ0) is 11.3. The second-order valence-electron chi connectivity index (χ2n) is 2.75. The average molecular weight is 272 g/mol. The molecule has 5 heteroatoms. The van der Waals surface area contributed by atoms with Crippen LogP contribution in [0.1, 0.15) is 6.92 Å². The topological polar surface area (TPSA) is 52.4 Å². The molecule has 0 saturated heterocycles. The number of nitro groups is 1. The summed E-state index contributed by atoms with van der Waals surface area (Å²) in [6, 6.07) is 4.70. The summed E-state index contributed by atoms with van der Waals surface area (Å²) < 4.78 is 5.90. The third-order valence-electron chi connectivity index (χ3n) is 1.69. The van der Waals surface area contributed by atoms with Gasteiger partial charge in [-0.25, -0.2) is 0 Å². The minimum atomic E-state index is -0.463. The van der Waals surface area contributed by atoms with Crippen molar-refractivity contribution in [2.75, 3.05) is 6.61 Å². The third-order valence-corrected chi connectivity index (χ3v) is 2.18. The van der Waals surface area contributed by atoms with Gasteiger partial charge >= 0.3 is 5.69 Å². The van der Waals surface area contributed by atoms with E-state index in [4.69, 9.17) is 4.74 Å². The van der Waals surface area contributed by atoms with Gasteiger partial charge in [0.1, 0.15) is 6.61 Å². The molecule has 0 aliphatic rings. The molecular formula is C10H10BrNO3. The van der Waals surface area contributed by atoms with Crippen LogP contribution in [0.2, 0.25) is 0 Å². The van der Waals surface area contributed by atoms with E-state index >= 15 is 0 Å². The van der Waals surface area contributed by atoms with Crippen LogP contribution in [0.25, 0.3) is 0 Å². The van der Waals surface area contributed by atoms with E-state index in [0.29, 0.717) is 11.1 Å². The van der Waals surface area contributed by atoms with Gasteiger partial charge in [0.05, 0.1) is 4.92 Å². The Bertz CT molecular complexity index is 390. The minimum absolute atomic E-state index is 0.0334. The van der Waals surface area contributed by atoms with Gasteiger partial charge < -0.3 is 4.74 Å². The highest BCUT2D eigenvalue weighted by Crippen LogP contribution is 2.29. The van der Waals surface area contributed by atoms with Gasteiger partial charge in [0.15, 0.2) is 5.75 Å². The summed E-state index contributed by atoms with van der Waals surface area (Å²) in [6.45, 7) is 2.19. The maximum atomic E-state index is 10.7. The smallest absolute Gasteiger partial charge is 0.312 e. The van der Waals surface area contributed by atoms with Gasteiger partial charge in [0, 0.05) is 10.5 Å². The lowest BCUT2D eigenvalue weighted by atomic mass is 10.3. The molecular weight excluding hydrogens is 262 g/mol. The molecule has 15 heavy (non-hydrogen) atoms. The van der Waals surface area contributed by atoms with E-state index in [9.17, 15) is 10.1 Å². The van der Waals surface area contributed by atoms with Gasteiger partial charge in [-0.15, -0.1) is 0 Å². The SMILES string of the molecule is C/C=C/COc1ccc(Br)cc1[N+](=O)[O-]. The zero-order valence-corrected chi connectivity index (χ0v) is 9.73. The van der Waals surface area contributed by atoms with Crippen LogP contribution < -0.4 is 4.74 Å². The predicted octanol–water partition coefficient (Wildman–Crippen LogP) is 3.31. The van der Waals surface area contributed by atoms with Crippen LogP contribution in [0.4, 0.5) is 5.69 Å². The van der Waals surface area contributed by atoms with Crippen molar-refractivity contribution in [2.24, 2.45) is 0 Å². The molecule has 0 fully saturated rings. The molecule has 4 nitrogen and oxygen atoms in total. The molecule has 0 N–H and O–H groups in total. The molecule has 1 rings (SSSR count). The van der Waals surface area contributed by atoms with E-state index in [1.807, 2.05) is 13.0 Å². The Balaban J connectivity index is 2.90. The number of nitro benzene ring substituents is 1. The Hall–Kier alpha value is -1.36. The van der Waals surface area contributed by atoms with Crippen LogP contribution in [-0.2, 0) is 0 Å². The van der Waals surface area contributed by atoms with E-state index in [1.54, 1.807) is 18.2 Å². The molecule has 0 saturated carbocycles. The van der Waals surface area contributed by atoms with E-state index in [1.165, 1.54) is 6.07 Å². The molecule has 0 radical (unpaired) electrons. The van der Waals surface area contributed by atoms with Crippen molar-refractivity contribution in [3.63, 3.8) is 0 Å². The summed E-state index contributed by atoms with van der Waals surface area (Å²) in [4.78, 5) is 10.2. The molecule has 0 bridgehead atoms. The summed E-state index contributed by atoms with van der Waals surface area (Å²) in [6.07, 6.45) is 3.61. The average Bonchev–Trinajstić information content (AvgIpc) is 2.20. The van der Waals surface area contributed by atoms with Crippen LogP contribution in [0, 0.1) is 10.1 Å². The number of halogens is 1. The second-order valence-corrected chi connectivity index (χ2v) is 3.66. The molecule has 0 unspecified atom stereocenters. The summed E-state index contributed by atoms with van der Waals surface area (Å²) in [5.74, 6) is 0.279. The lowest BCUT2D eigenvalue weighted by molar-refractivity contribution is -0.385. The summed E-state index contributed by atoms with van der Waals surface area (Å²) in [7, 11) is 0. The number of allylic oxidation sites excluding steroid dienone is 1. The third kappa shape index (κ3) is 3.36. The Kier molecular flexibility index (Phi) is 4.30. The Morgan fingerprint density at radius 3 is 2.93 bits per heavy atom. The summed E-state index contributed by atoms with van der Waals surface area (Å²) in [5, 5.41) is 10.7. The van der Waals surface area contributed by atoms with Crippen molar-refractivity contribution in [3.8, 4) is 5.75 Å². The molecule has 1 aromatic carbocycles. The molecule has 80 valence electrons. The van der Waals surface area contributed by atoms with Gasteiger partial charge in [0.25, 0.3) is 0 Å². The number of ether oxygens (including phenoxy) is 1. The Morgan fingerprint density at radius 2 is 2.33 bits per heavy atom. The number of nitrogens with zero attached hydrogens (tertiary/aromatic N) is 1. The van der Waals surface area contributed by atoms with Gasteiger partial charge in [-0.1, -0.05) is 28.1 Å². The summed E-state index contributed by atoms with van der Waals surface area (Å²) >= 11 is 3.17. The molecule has 0 amide bonds. The predicted molar refractivity (Wildman–Crippen MR) is 61.1 cm³/mol. The van der Waals surface area contributed by atoms with Gasteiger partial charge in [-0.2, -0.15) is 0 Å². The van der Waals surface area contributed by atoms with Gasteiger partial charge in [0.2, 0.25) is 0 Å². The fraction of sp³-hybridized carbons (Fsp3) is 0.200. The van der Waals surface area contributed by atoms with Crippen LogP contribution in [0.3, 0.4) is 0 Å². The monoisotopic (exact) mass is 271 g/mol. The van der Waals surface area contributed by atoms with Crippen molar-refractivity contribution in [2.45, 2.75) is 6.92 Å². The zero-order valence-electron chi connectivity index (χ0n) is 8.14. The van der Waals surface area contributed by atoms with Crippen LogP contribution in [0.15, 0.2) is 34.8 Å². The number of rotatable bonds is 4. The van der Waals surface area contributed by atoms with Crippen molar-refractivity contribution in [1.29, 1.82) is 0 Å². The van der Waals surface area contributed by atoms with E-state index in [2.05, 4.69) is 15.9 Å². The van der Waals surface area contributed by atoms with Crippen LogP contribution in [-0.4, -0.2) is 11.5 Å². The number of hydrogen-bond donors (Lipinski definition) is 0. The maximum absolute atomic E-state index is 10.7. The number of hydrogen-bond acceptors (Lipinski definition) is 3. The summed E-state index contributed by atoms with van der Waals surface area (Å²) in [5.41, 5.74) is -0.0334. The van der Waals surface area contributed by atoms with Crippen molar-refractivity contribution in [3.05, 3.63) is 44.9 Å². The van der Waals surface area contributed by atoms with Crippen molar-refractivity contribution in [1.82, 2.24) is 0 Å². The second kappa shape index (κ2) is 5.50. The standard InChI is InChI=1S/C10H10BrNO3/c1-2-3-6-15-10-5-4-8(11)7-9(10)12(13)14/h2-5,7H,6H2,1H3/b3-2+. The largest absolute Gasteiger partial charge is 0.483 e. The molecule has 0 spiro atoms. The minimum Gasteiger partial charge on any atom is -0.483 e. The van der Waals surface area contributed by atoms with Gasteiger partial charge in [-0.3, -0.25) is 10.1 Å². The fourth-order valence-corrected chi connectivity index (χ4v) is 1.34. The first-order chi connectivity index (χ1) is 7.15. The number of benzene rings is 1. The maximum Gasteiger partial charge on any atom is 0.312 e. The van der Waals surface area contributed by atoms with E-state index < -0.39 is 4.92 Å². The highest BCUT2D eigenvalue weighted by atomic mass is 79.9. The molecule has 0 atom stereocenters. The normalized spacial score (nSPS) is 10.5. The first kappa shape index (κ1) is 11.7. The van der Waals surface area contributed by atoms with E-state index in [-0.39, 0.29) is 11.4 Å². The van der Waals surface area contributed by atoms with Crippen LogP contribution >= 0.6 is 15.9 Å². The molecule has 0 aliphatic carbocycles. The Morgan fingerprint density at radius 1 is 1.60 bits per heavy atom. The first-order valence-electron chi connectivity index (χ1n) is 4.33. The molecule has 0 aromatic heterocycles. The van der Waals surface area contributed by atoms with Crippen LogP contribution in [0.5, 0.6) is 5.75 Å². The quantitative estimate of drug-likeness (QED) is 0.480. The van der Waals surface area contributed by atoms with Gasteiger partial charge in [-0.05, 0) is 19.1 Å². The first-order valence-corrected chi connectivity index (χ1v) is 5.12. The lowest BCUT2D eigenvalue weighted by Gasteiger charge is -2.03. The fourth-order valence-electron chi connectivity index (χ4n) is 0.989. The van der Waals surface area contributed by atoms with Crippen molar-refractivity contribution < 1.29 is 9.66 Å². The highest BCUT2D eigenvalue weighted by molar-refractivity contribution is 9.10. The van der Waals surface area contributed by atoms with Crippen molar-refractivity contribution >= 4 is 21.6 Å². The lowest BCUT2D eigenvalue weighted by Crippen LogP contribution is -1.98. The molecule has 0 heterocycles. The Labute approximate surface area is 95.8 Å². The molecule has 1 aromatic rings. The highest BCUT2D eigenvalue weighted by Gasteiger charge is 2.14.